The van der Waals surface area contributed by atoms with E-state index >= 15 is 0 Å². The van der Waals surface area contributed by atoms with E-state index in [1.807, 2.05) is 0 Å². The number of nitrogens with two attached hydrogens (primary N) is 1. The second-order valence-corrected chi connectivity index (χ2v) is 3.06. The number of anilines is 1. The molecule has 1 rings (SSSR count). The number of hydrogen-bond donors (Lipinski definition) is 2. The summed E-state index contributed by atoms with van der Waals surface area (Å²) < 4.78 is 1.58. The number of aryl methyl sites for hydroxylation is 1. The molecule has 6 nitrogen and oxygen atoms in total. The molecule has 3 N–H and O–H groups in total. The van der Waals surface area contributed by atoms with Crippen LogP contribution in [0.25, 0.3) is 0 Å². The van der Waals surface area contributed by atoms with Crippen molar-refractivity contribution >= 4 is 5.95 Å². The quantitative estimate of drug-likeness (QED) is 0.659. The monoisotopic (exact) mass is 184 g/mol. The lowest BCUT2D eigenvalue weighted by molar-refractivity contribution is 0.621. The summed E-state index contributed by atoms with van der Waals surface area (Å²) in [5, 5.41) is 14.1. The van der Waals surface area contributed by atoms with Crippen LogP contribution in [0.5, 0.6) is 0 Å². The van der Waals surface area contributed by atoms with E-state index in [9.17, 15) is 0 Å². The number of tetrazole rings is 1. The van der Waals surface area contributed by atoms with Gasteiger partial charge in [-0.15, -0.1) is 0 Å². The Balaban J connectivity index is 2.30. The van der Waals surface area contributed by atoms with Gasteiger partial charge in [-0.3, -0.25) is 0 Å². The van der Waals surface area contributed by atoms with Crippen LogP contribution in [-0.2, 0) is 7.05 Å². The molecule has 0 spiro atoms. The molecule has 1 aromatic heterocycles. The van der Waals surface area contributed by atoms with Crippen molar-refractivity contribution in [3.05, 3.63) is 0 Å². The summed E-state index contributed by atoms with van der Waals surface area (Å²) in [7, 11) is 1.79. The average Bonchev–Trinajstić information content (AvgIpc) is 2.48. The zero-order valence-electron chi connectivity index (χ0n) is 8.06. The Labute approximate surface area is 77.5 Å². The van der Waals surface area contributed by atoms with Crippen LogP contribution in [-0.4, -0.2) is 32.8 Å². The van der Waals surface area contributed by atoms with E-state index in [1.165, 1.54) is 0 Å². The number of rotatable bonds is 5. The Morgan fingerprint density at radius 1 is 1.62 bits per heavy atom. The van der Waals surface area contributed by atoms with Gasteiger partial charge in [-0.05, 0) is 16.8 Å². The number of nitrogens with one attached hydrogen (secondary N) is 1. The first-order chi connectivity index (χ1) is 6.24. The number of hydrogen-bond acceptors (Lipinski definition) is 5. The van der Waals surface area contributed by atoms with Gasteiger partial charge in [-0.2, -0.15) is 0 Å². The van der Waals surface area contributed by atoms with Crippen molar-refractivity contribution in [1.29, 1.82) is 0 Å². The van der Waals surface area contributed by atoms with E-state index in [4.69, 9.17) is 5.73 Å². The molecule has 74 valence electrons. The van der Waals surface area contributed by atoms with Gasteiger partial charge < -0.3 is 11.1 Å². The van der Waals surface area contributed by atoms with Crippen molar-refractivity contribution in [2.24, 2.45) is 12.8 Å². The van der Waals surface area contributed by atoms with Crippen molar-refractivity contribution in [3.8, 4) is 0 Å². The maximum atomic E-state index is 5.81. The van der Waals surface area contributed by atoms with E-state index in [1.54, 1.807) is 11.7 Å². The van der Waals surface area contributed by atoms with E-state index in [2.05, 4.69) is 27.8 Å². The molecule has 0 aliphatic rings. The van der Waals surface area contributed by atoms with Crippen molar-refractivity contribution in [2.45, 2.75) is 25.8 Å². The Hall–Kier alpha value is -1.17. The highest BCUT2D eigenvalue weighted by molar-refractivity contribution is 5.20. The molecule has 0 saturated heterocycles. The highest BCUT2D eigenvalue weighted by Gasteiger charge is 2.04. The van der Waals surface area contributed by atoms with E-state index in [0.29, 0.717) is 12.5 Å². The minimum absolute atomic E-state index is 0.168. The molecule has 1 aromatic rings. The highest BCUT2D eigenvalue weighted by atomic mass is 15.6. The SMILES string of the molecule is CCCC(N)CNc1nnnn1C. The van der Waals surface area contributed by atoms with Crippen molar-refractivity contribution in [1.82, 2.24) is 20.2 Å². The molecular weight excluding hydrogens is 168 g/mol. The largest absolute Gasteiger partial charge is 0.352 e. The van der Waals surface area contributed by atoms with Gasteiger partial charge >= 0.3 is 0 Å². The summed E-state index contributed by atoms with van der Waals surface area (Å²) in [6, 6.07) is 0.168. The maximum Gasteiger partial charge on any atom is 0.242 e. The molecule has 1 atom stereocenters. The smallest absolute Gasteiger partial charge is 0.242 e. The lowest BCUT2D eigenvalue weighted by Gasteiger charge is -2.10. The Bertz CT molecular complexity index is 245. The van der Waals surface area contributed by atoms with Gasteiger partial charge in [0.15, 0.2) is 0 Å². The molecule has 0 fully saturated rings. The molecule has 0 radical (unpaired) electrons. The van der Waals surface area contributed by atoms with Crippen LogP contribution in [0.2, 0.25) is 0 Å². The molecule has 1 unspecified atom stereocenters. The zero-order chi connectivity index (χ0) is 9.68. The van der Waals surface area contributed by atoms with Gasteiger partial charge in [0.2, 0.25) is 5.95 Å². The minimum Gasteiger partial charge on any atom is -0.352 e. The Kier molecular flexibility index (Phi) is 3.63. The van der Waals surface area contributed by atoms with Crippen LogP contribution in [0.1, 0.15) is 19.8 Å². The van der Waals surface area contributed by atoms with Gasteiger partial charge in [-0.25, -0.2) is 4.68 Å². The second kappa shape index (κ2) is 4.76. The predicted molar refractivity (Wildman–Crippen MR) is 50.2 cm³/mol. The Morgan fingerprint density at radius 3 is 2.92 bits per heavy atom. The molecule has 0 aliphatic heterocycles. The standard InChI is InChI=1S/C7H16N6/c1-3-4-6(8)5-9-7-10-11-12-13(7)2/h6H,3-5,8H2,1-2H3,(H,9,10,12). The van der Waals surface area contributed by atoms with E-state index in [0.717, 1.165) is 12.8 Å². The van der Waals surface area contributed by atoms with E-state index < -0.39 is 0 Å². The van der Waals surface area contributed by atoms with Crippen molar-refractivity contribution in [3.63, 3.8) is 0 Å². The summed E-state index contributed by atoms with van der Waals surface area (Å²) in [6.45, 7) is 2.83. The highest BCUT2D eigenvalue weighted by Crippen LogP contribution is 1.98. The number of nitrogens with zero attached hydrogens (tertiary/aromatic N) is 4. The van der Waals surface area contributed by atoms with Crippen LogP contribution >= 0.6 is 0 Å². The first-order valence-corrected chi connectivity index (χ1v) is 4.45. The number of aromatic nitrogens is 4. The fraction of sp³-hybridized carbons (Fsp3) is 0.857. The molecule has 0 aromatic carbocycles. The normalized spacial score (nSPS) is 12.8. The van der Waals surface area contributed by atoms with Gasteiger partial charge in [0.25, 0.3) is 0 Å². The van der Waals surface area contributed by atoms with Crippen LogP contribution in [0.4, 0.5) is 5.95 Å². The second-order valence-electron chi connectivity index (χ2n) is 3.06. The third-order valence-electron chi connectivity index (χ3n) is 1.80. The van der Waals surface area contributed by atoms with Crippen LogP contribution in [0, 0.1) is 0 Å². The Morgan fingerprint density at radius 2 is 2.38 bits per heavy atom. The summed E-state index contributed by atoms with van der Waals surface area (Å²) in [5.41, 5.74) is 5.81. The van der Waals surface area contributed by atoms with Gasteiger partial charge in [0.05, 0.1) is 0 Å². The summed E-state index contributed by atoms with van der Waals surface area (Å²) >= 11 is 0. The topological polar surface area (TPSA) is 81.7 Å². The third-order valence-corrected chi connectivity index (χ3v) is 1.80. The fourth-order valence-electron chi connectivity index (χ4n) is 1.07. The average molecular weight is 184 g/mol. The first kappa shape index (κ1) is 9.91. The van der Waals surface area contributed by atoms with Crippen LogP contribution < -0.4 is 11.1 Å². The predicted octanol–water partition coefficient (Wildman–Crippen LogP) is -0.251. The van der Waals surface area contributed by atoms with E-state index in [-0.39, 0.29) is 6.04 Å². The third kappa shape index (κ3) is 2.98. The lowest BCUT2D eigenvalue weighted by Crippen LogP contribution is -2.29. The lowest BCUT2D eigenvalue weighted by atomic mass is 10.2. The van der Waals surface area contributed by atoms with Crippen molar-refractivity contribution < 1.29 is 0 Å². The molecule has 0 aliphatic carbocycles. The summed E-state index contributed by atoms with van der Waals surface area (Å²) in [5.74, 6) is 0.659. The van der Waals surface area contributed by atoms with Crippen molar-refractivity contribution in [2.75, 3.05) is 11.9 Å². The van der Waals surface area contributed by atoms with Crippen LogP contribution in [0.3, 0.4) is 0 Å². The first-order valence-electron chi connectivity index (χ1n) is 4.45. The van der Waals surface area contributed by atoms with Gasteiger partial charge in [0, 0.05) is 19.6 Å². The fourth-order valence-corrected chi connectivity index (χ4v) is 1.07. The molecule has 0 bridgehead atoms. The van der Waals surface area contributed by atoms with Crippen LogP contribution in [0.15, 0.2) is 0 Å². The molecular formula is C7H16N6. The van der Waals surface area contributed by atoms with Gasteiger partial charge in [0.1, 0.15) is 0 Å². The minimum atomic E-state index is 0.168. The molecule has 1 heterocycles. The molecule has 6 heteroatoms. The summed E-state index contributed by atoms with van der Waals surface area (Å²) in [6.07, 6.45) is 2.11. The maximum absolute atomic E-state index is 5.81. The molecule has 0 amide bonds. The van der Waals surface area contributed by atoms with Gasteiger partial charge in [-0.1, -0.05) is 18.4 Å². The zero-order valence-corrected chi connectivity index (χ0v) is 8.06. The molecule has 0 saturated carbocycles. The molecule has 13 heavy (non-hydrogen) atoms. The summed E-state index contributed by atoms with van der Waals surface area (Å²) in [4.78, 5) is 0.